The molecule has 6 heteroatoms. The number of fused-ring (bicyclic) bond motifs is 1. The highest BCUT2D eigenvalue weighted by atomic mass is 32.1. The topological polar surface area (TPSA) is 29.1 Å². The van der Waals surface area contributed by atoms with Gasteiger partial charge in [-0.2, -0.15) is 13.2 Å². The second-order valence-corrected chi connectivity index (χ2v) is 7.52. The molecule has 4 aromatic rings. The molecule has 0 saturated heterocycles. The molecule has 4 rings (SSSR count). The van der Waals surface area contributed by atoms with E-state index < -0.39 is 11.7 Å². The van der Waals surface area contributed by atoms with Crippen LogP contribution < -0.4 is 5.32 Å². The molecule has 0 atom stereocenters. The highest BCUT2D eigenvalue weighted by Gasteiger charge is 2.30. The lowest BCUT2D eigenvalue weighted by Gasteiger charge is -2.10. The SMILES string of the molecule is O=C(NCc1cccc(C(F)(F)F)c1)c1cccc(-c2csc3ccccc23)c1. The molecule has 29 heavy (non-hydrogen) atoms. The Bertz CT molecular complexity index is 1180. The second-order valence-electron chi connectivity index (χ2n) is 6.61. The highest BCUT2D eigenvalue weighted by Crippen LogP contribution is 2.34. The van der Waals surface area contributed by atoms with Gasteiger partial charge < -0.3 is 5.32 Å². The first-order valence-corrected chi connectivity index (χ1v) is 9.81. The molecule has 1 aromatic heterocycles. The summed E-state index contributed by atoms with van der Waals surface area (Å²) in [6.07, 6.45) is -4.41. The number of rotatable bonds is 4. The zero-order chi connectivity index (χ0) is 20.4. The maximum atomic E-state index is 12.8. The normalized spacial score (nSPS) is 11.6. The Hall–Kier alpha value is -3.12. The second kappa shape index (κ2) is 7.72. The molecule has 3 aromatic carbocycles. The van der Waals surface area contributed by atoms with Crippen LogP contribution in [0.15, 0.2) is 78.2 Å². The lowest BCUT2D eigenvalue weighted by Crippen LogP contribution is -2.23. The molecular weight excluding hydrogens is 395 g/mol. The molecule has 1 heterocycles. The summed E-state index contributed by atoms with van der Waals surface area (Å²) >= 11 is 1.64. The standard InChI is InChI=1S/C23H16F3NOS/c24-23(25,26)18-8-3-5-15(11-18)13-27-22(28)17-7-4-6-16(12-17)20-14-29-21-10-2-1-9-19(20)21/h1-12,14H,13H2,(H,27,28). The van der Waals surface area contributed by atoms with Crippen molar-refractivity contribution in [2.24, 2.45) is 0 Å². The Morgan fingerprint density at radius 2 is 1.72 bits per heavy atom. The summed E-state index contributed by atoms with van der Waals surface area (Å²) in [7, 11) is 0. The Morgan fingerprint density at radius 3 is 2.55 bits per heavy atom. The van der Waals surface area contributed by atoms with Gasteiger partial charge in [0, 0.05) is 27.8 Å². The molecule has 1 amide bonds. The zero-order valence-electron chi connectivity index (χ0n) is 15.2. The van der Waals surface area contributed by atoms with Crippen LogP contribution in [-0.4, -0.2) is 5.91 Å². The number of thiophene rings is 1. The van der Waals surface area contributed by atoms with Crippen LogP contribution in [0.4, 0.5) is 13.2 Å². The molecule has 0 aliphatic heterocycles. The first kappa shape index (κ1) is 19.2. The van der Waals surface area contributed by atoms with E-state index in [-0.39, 0.29) is 12.5 Å². The monoisotopic (exact) mass is 411 g/mol. The van der Waals surface area contributed by atoms with Crippen molar-refractivity contribution in [1.29, 1.82) is 0 Å². The number of nitrogens with one attached hydrogen (secondary N) is 1. The molecule has 0 aliphatic carbocycles. The third kappa shape index (κ3) is 4.17. The summed E-state index contributed by atoms with van der Waals surface area (Å²) in [4.78, 5) is 12.6. The van der Waals surface area contributed by atoms with Gasteiger partial charge in [0.25, 0.3) is 5.91 Å². The van der Waals surface area contributed by atoms with Gasteiger partial charge in [-0.25, -0.2) is 0 Å². The predicted octanol–water partition coefficient (Wildman–Crippen LogP) is 6.52. The van der Waals surface area contributed by atoms with Crippen LogP contribution in [0.3, 0.4) is 0 Å². The molecule has 0 aliphatic rings. The van der Waals surface area contributed by atoms with Crippen molar-refractivity contribution in [3.8, 4) is 11.1 Å². The minimum atomic E-state index is -4.41. The smallest absolute Gasteiger partial charge is 0.348 e. The van der Waals surface area contributed by atoms with Crippen LogP contribution >= 0.6 is 11.3 Å². The fourth-order valence-electron chi connectivity index (χ4n) is 3.17. The molecule has 0 bridgehead atoms. The van der Waals surface area contributed by atoms with E-state index in [2.05, 4.69) is 16.8 Å². The fourth-order valence-corrected chi connectivity index (χ4v) is 4.14. The lowest BCUT2D eigenvalue weighted by atomic mass is 10.0. The van der Waals surface area contributed by atoms with Crippen molar-refractivity contribution >= 4 is 27.3 Å². The Morgan fingerprint density at radius 1 is 0.931 bits per heavy atom. The van der Waals surface area contributed by atoms with Crippen LogP contribution in [0.1, 0.15) is 21.5 Å². The van der Waals surface area contributed by atoms with Gasteiger partial charge in [-0.15, -0.1) is 11.3 Å². The first-order valence-electron chi connectivity index (χ1n) is 8.93. The van der Waals surface area contributed by atoms with Gasteiger partial charge in [-0.3, -0.25) is 4.79 Å². The van der Waals surface area contributed by atoms with E-state index in [0.717, 1.165) is 28.6 Å². The minimum Gasteiger partial charge on any atom is -0.348 e. The van der Waals surface area contributed by atoms with E-state index in [1.807, 2.05) is 24.3 Å². The van der Waals surface area contributed by atoms with E-state index in [0.29, 0.717) is 11.1 Å². The number of carbonyl (C=O) groups is 1. The van der Waals surface area contributed by atoms with Crippen LogP contribution in [0, 0.1) is 0 Å². The Balaban J connectivity index is 1.52. The van der Waals surface area contributed by atoms with E-state index in [4.69, 9.17) is 0 Å². The van der Waals surface area contributed by atoms with Gasteiger partial charge in [0.1, 0.15) is 0 Å². The maximum absolute atomic E-state index is 12.8. The number of benzene rings is 3. The molecule has 0 fully saturated rings. The number of amides is 1. The summed E-state index contributed by atoms with van der Waals surface area (Å²) in [5.74, 6) is -0.330. The highest BCUT2D eigenvalue weighted by molar-refractivity contribution is 7.17. The van der Waals surface area contributed by atoms with Crippen molar-refractivity contribution < 1.29 is 18.0 Å². The number of carbonyl (C=O) groups excluding carboxylic acids is 1. The van der Waals surface area contributed by atoms with Crippen molar-refractivity contribution in [1.82, 2.24) is 5.32 Å². The summed E-state index contributed by atoms with van der Waals surface area (Å²) < 4.78 is 39.7. The average Bonchev–Trinajstić information content (AvgIpc) is 3.16. The molecular formula is C23H16F3NOS. The quantitative estimate of drug-likeness (QED) is 0.407. The van der Waals surface area contributed by atoms with Gasteiger partial charge in [0.15, 0.2) is 0 Å². The molecule has 0 radical (unpaired) electrons. The zero-order valence-corrected chi connectivity index (χ0v) is 16.0. The minimum absolute atomic E-state index is 0.0222. The Labute approximate surface area is 169 Å². The number of hydrogen-bond donors (Lipinski definition) is 1. The summed E-state index contributed by atoms with van der Waals surface area (Å²) in [5.41, 5.74) is 2.11. The van der Waals surface area contributed by atoms with Gasteiger partial charge in [0.05, 0.1) is 5.56 Å². The van der Waals surface area contributed by atoms with E-state index in [1.165, 1.54) is 10.8 Å². The molecule has 0 saturated carbocycles. The van der Waals surface area contributed by atoms with Crippen LogP contribution in [0.25, 0.3) is 21.2 Å². The molecule has 2 nitrogen and oxygen atoms in total. The summed E-state index contributed by atoms with van der Waals surface area (Å²) in [6, 6.07) is 20.3. The van der Waals surface area contributed by atoms with Crippen molar-refractivity contribution in [3.05, 3.63) is 94.9 Å². The molecule has 146 valence electrons. The number of halogens is 3. The number of alkyl halides is 3. The first-order chi connectivity index (χ1) is 13.9. The van der Waals surface area contributed by atoms with Gasteiger partial charge in [-0.1, -0.05) is 42.5 Å². The largest absolute Gasteiger partial charge is 0.416 e. The van der Waals surface area contributed by atoms with E-state index in [1.54, 1.807) is 35.6 Å². The van der Waals surface area contributed by atoms with Gasteiger partial charge in [-0.05, 0) is 46.8 Å². The summed E-state index contributed by atoms with van der Waals surface area (Å²) in [5, 5.41) is 5.88. The van der Waals surface area contributed by atoms with Gasteiger partial charge in [0.2, 0.25) is 0 Å². The predicted molar refractivity (Wildman–Crippen MR) is 110 cm³/mol. The lowest BCUT2D eigenvalue weighted by molar-refractivity contribution is -0.137. The van der Waals surface area contributed by atoms with E-state index in [9.17, 15) is 18.0 Å². The number of hydrogen-bond acceptors (Lipinski definition) is 2. The third-order valence-electron chi connectivity index (χ3n) is 4.62. The van der Waals surface area contributed by atoms with Crippen molar-refractivity contribution in [2.75, 3.05) is 0 Å². The van der Waals surface area contributed by atoms with Crippen LogP contribution in [0.5, 0.6) is 0 Å². The average molecular weight is 411 g/mol. The molecule has 1 N–H and O–H groups in total. The van der Waals surface area contributed by atoms with Crippen LogP contribution in [-0.2, 0) is 12.7 Å². The van der Waals surface area contributed by atoms with Crippen molar-refractivity contribution in [3.63, 3.8) is 0 Å². The van der Waals surface area contributed by atoms with Crippen molar-refractivity contribution in [2.45, 2.75) is 12.7 Å². The molecule has 0 spiro atoms. The third-order valence-corrected chi connectivity index (χ3v) is 5.59. The van der Waals surface area contributed by atoms with E-state index >= 15 is 0 Å². The maximum Gasteiger partial charge on any atom is 0.416 e. The Kier molecular flexibility index (Phi) is 5.11. The summed E-state index contributed by atoms with van der Waals surface area (Å²) in [6.45, 7) is 0.0222. The van der Waals surface area contributed by atoms with Gasteiger partial charge >= 0.3 is 6.18 Å². The molecule has 0 unspecified atom stereocenters. The van der Waals surface area contributed by atoms with Crippen LogP contribution in [0.2, 0.25) is 0 Å². The fraction of sp³-hybridized carbons (Fsp3) is 0.0870.